The topological polar surface area (TPSA) is 40.5 Å². The minimum atomic E-state index is -2.42. The minimum absolute atomic E-state index is 0. The van der Waals surface area contributed by atoms with Crippen LogP contribution in [0.3, 0.4) is 0 Å². The molecule has 0 aliphatic rings. The lowest BCUT2D eigenvalue weighted by Crippen LogP contribution is -1.90. The highest BCUT2D eigenvalue weighted by molar-refractivity contribution is 7.63. The molecule has 8 heavy (non-hydrogen) atoms. The van der Waals surface area contributed by atoms with E-state index in [4.69, 9.17) is 9.79 Å². The van der Waals surface area contributed by atoms with Crippen molar-refractivity contribution in [2.24, 2.45) is 0 Å². The maximum absolute atomic E-state index is 8.68. The first kappa shape index (κ1) is 11.2. The van der Waals surface area contributed by atoms with E-state index >= 15 is 0 Å². The van der Waals surface area contributed by atoms with E-state index < -0.39 is 7.72 Å². The predicted octanol–water partition coefficient (Wildman–Crippen LogP) is -0.593. The Hall–Kier alpha value is 0.415. The molecule has 0 unspecified atom stereocenters. The van der Waals surface area contributed by atoms with E-state index in [2.05, 4.69) is 0 Å². The lowest BCUT2D eigenvalue weighted by atomic mass is 10.6. The summed E-state index contributed by atoms with van der Waals surface area (Å²) in [4.78, 5) is 17.4. The van der Waals surface area contributed by atoms with Crippen LogP contribution in [0.4, 0.5) is 0 Å². The standard InChI is InChI=1S/C4H12O2P.BH4/c1-3-4-7(2,5)6;/h5-6H,3-4H2,1-2H3;1H4/q+1;-1. The van der Waals surface area contributed by atoms with Gasteiger partial charge in [0.2, 0.25) is 0 Å². The molecule has 0 saturated heterocycles. The number of hydrogen-bond donors (Lipinski definition) is 2. The number of rotatable bonds is 2. The average molecular weight is 138 g/mol. The third kappa shape index (κ3) is 9.65. The van der Waals surface area contributed by atoms with E-state index in [1.807, 2.05) is 6.92 Å². The van der Waals surface area contributed by atoms with Crippen molar-refractivity contribution < 1.29 is 9.79 Å². The van der Waals surface area contributed by atoms with Crippen LogP contribution in [-0.4, -0.2) is 31.0 Å². The lowest BCUT2D eigenvalue weighted by molar-refractivity contribution is 0.457. The van der Waals surface area contributed by atoms with Gasteiger partial charge in [0.15, 0.2) is 0 Å². The summed E-state index contributed by atoms with van der Waals surface area (Å²) in [6.07, 6.45) is 1.42. The molecule has 0 bridgehead atoms. The Morgan fingerprint density at radius 2 is 1.75 bits per heavy atom. The van der Waals surface area contributed by atoms with Gasteiger partial charge in [-0.15, -0.1) is 0 Å². The molecule has 0 spiro atoms. The molecule has 4 heteroatoms. The Morgan fingerprint density at radius 1 is 1.38 bits per heavy atom. The molecule has 0 amide bonds. The summed E-state index contributed by atoms with van der Waals surface area (Å²) in [7, 11) is -2.42. The van der Waals surface area contributed by atoms with E-state index in [9.17, 15) is 0 Å². The summed E-state index contributed by atoms with van der Waals surface area (Å²) >= 11 is 0. The van der Waals surface area contributed by atoms with Gasteiger partial charge in [0.1, 0.15) is 12.8 Å². The molecule has 0 aliphatic carbocycles. The maximum atomic E-state index is 8.68. The molecule has 2 N–H and O–H groups in total. The SMILES string of the molecule is CCC[P+](C)(O)O.[BH4-]. The first-order valence-corrected chi connectivity index (χ1v) is 4.70. The van der Waals surface area contributed by atoms with Crippen LogP contribution in [-0.2, 0) is 0 Å². The molecule has 0 saturated carbocycles. The summed E-state index contributed by atoms with van der Waals surface area (Å²) in [6, 6.07) is 0. The van der Waals surface area contributed by atoms with E-state index in [-0.39, 0.29) is 8.41 Å². The second kappa shape index (κ2) is 4.31. The molecular formula is C4H16BO2P. The fourth-order valence-electron chi connectivity index (χ4n) is 0.424. The molecule has 0 aromatic heterocycles. The zero-order chi connectivity index (χ0) is 5.91. The smallest absolute Gasteiger partial charge is 0.221 e. The van der Waals surface area contributed by atoms with Gasteiger partial charge in [-0.3, -0.25) is 0 Å². The molecule has 0 aliphatic heterocycles. The first-order valence-electron chi connectivity index (χ1n) is 2.37. The minimum Gasteiger partial charge on any atom is -0.221 e. The van der Waals surface area contributed by atoms with Crippen LogP contribution in [0.25, 0.3) is 0 Å². The zero-order valence-corrected chi connectivity index (χ0v) is 5.65. The van der Waals surface area contributed by atoms with Crippen molar-refractivity contribution in [3.63, 3.8) is 0 Å². The van der Waals surface area contributed by atoms with E-state index in [1.165, 1.54) is 6.66 Å². The molecule has 0 fully saturated rings. The van der Waals surface area contributed by atoms with Crippen LogP contribution >= 0.6 is 7.72 Å². The summed E-state index contributed by atoms with van der Waals surface area (Å²) in [6.45, 7) is 3.43. The second-order valence-electron chi connectivity index (χ2n) is 1.81. The zero-order valence-electron chi connectivity index (χ0n) is 4.76. The Balaban J connectivity index is 0. The van der Waals surface area contributed by atoms with Gasteiger partial charge in [-0.05, 0) is 6.42 Å². The Kier molecular flexibility index (Phi) is 6.06. The van der Waals surface area contributed by atoms with Gasteiger partial charge in [-0.1, -0.05) is 15.3 Å². The highest BCUT2D eigenvalue weighted by Gasteiger charge is 2.21. The summed E-state index contributed by atoms with van der Waals surface area (Å²) in [5.74, 6) is 0. The van der Waals surface area contributed by atoms with Crippen molar-refractivity contribution in [1.29, 1.82) is 0 Å². The fourth-order valence-corrected chi connectivity index (χ4v) is 1.27. The van der Waals surface area contributed by atoms with Crippen LogP contribution in [0.2, 0.25) is 0 Å². The molecule has 0 atom stereocenters. The molecule has 0 radical (unpaired) electrons. The van der Waals surface area contributed by atoms with Gasteiger partial charge < -0.3 is 0 Å². The highest BCUT2D eigenvalue weighted by atomic mass is 31.2. The third-order valence-electron chi connectivity index (χ3n) is 0.647. The van der Waals surface area contributed by atoms with E-state index in [0.29, 0.717) is 6.16 Å². The first-order chi connectivity index (χ1) is 3.06. The van der Waals surface area contributed by atoms with Crippen molar-refractivity contribution in [3.05, 3.63) is 0 Å². The van der Waals surface area contributed by atoms with Gasteiger partial charge in [0, 0.05) is 0 Å². The van der Waals surface area contributed by atoms with Crippen LogP contribution < -0.4 is 0 Å². The molecule has 2 nitrogen and oxygen atoms in total. The van der Waals surface area contributed by atoms with Crippen molar-refractivity contribution in [1.82, 2.24) is 0 Å². The largest absolute Gasteiger partial charge is 0.264 e. The van der Waals surface area contributed by atoms with Crippen LogP contribution in [0.1, 0.15) is 13.3 Å². The van der Waals surface area contributed by atoms with E-state index in [0.717, 1.165) is 6.42 Å². The van der Waals surface area contributed by atoms with E-state index in [1.54, 1.807) is 0 Å². The molecule has 52 valence electrons. The van der Waals surface area contributed by atoms with Crippen LogP contribution in [0.5, 0.6) is 0 Å². The van der Waals surface area contributed by atoms with Gasteiger partial charge in [0.05, 0.1) is 0 Å². The Labute approximate surface area is 53.0 Å². The van der Waals surface area contributed by atoms with Crippen molar-refractivity contribution >= 4 is 16.1 Å². The normalized spacial score (nSPS) is 10.5. The van der Waals surface area contributed by atoms with Gasteiger partial charge in [0.25, 0.3) is 7.72 Å². The average Bonchev–Trinajstić information content (AvgIpc) is 1.30. The molecular weight excluding hydrogens is 122 g/mol. The van der Waals surface area contributed by atoms with Crippen molar-refractivity contribution in [2.45, 2.75) is 13.3 Å². The molecule has 0 heterocycles. The monoisotopic (exact) mass is 138 g/mol. The molecule has 0 aromatic rings. The molecule has 0 aromatic carbocycles. The highest BCUT2D eigenvalue weighted by Crippen LogP contribution is 2.45. The fraction of sp³-hybridized carbons (Fsp3) is 1.00. The Morgan fingerprint density at radius 3 is 1.75 bits per heavy atom. The maximum Gasteiger partial charge on any atom is 0.264 e. The van der Waals surface area contributed by atoms with Crippen LogP contribution in [0, 0.1) is 0 Å². The van der Waals surface area contributed by atoms with Gasteiger partial charge in [-0.2, -0.15) is 0 Å². The van der Waals surface area contributed by atoms with Crippen LogP contribution in [0.15, 0.2) is 0 Å². The second-order valence-corrected chi connectivity index (χ2v) is 4.44. The summed E-state index contributed by atoms with van der Waals surface area (Å²) in [5.41, 5.74) is 0. The number of hydrogen-bond acceptors (Lipinski definition) is 2. The lowest BCUT2D eigenvalue weighted by Gasteiger charge is -2.01. The predicted molar refractivity (Wildman–Crippen MR) is 43.8 cm³/mol. The third-order valence-corrected chi connectivity index (χ3v) is 1.94. The quantitative estimate of drug-likeness (QED) is 0.395. The van der Waals surface area contributed by atoms with Crippen molar-refractivity contribution in [2.75, 3.05) is 12.8 Å². The van der Waals surface area contributed by atoms with Crippen molar-refractivity contribution in [3.8, 4) is 0 Å². The van der Waals surface area contributed by atoms with Gasteiger partial charge >= 0.3 is 0 Å². The van der Waals surface area contributed by atoms with Gasteiger partial charge in [-0.25, -0.2) is 9.79 Å². The Bertz CT molecular complexity index is 52.5. The summed E-state index contributed by atoms with van der Waals surface area (Å²) < 4.78 is 0. The molecule has 0 rings (SSSR count). The summed E-state index contributed by atoms with van der Waals surface area (Å²) in [5, 5.41) is 0.